The topological polar surface area (TPSA) is 110 Å². The van der Waals surface area contributed by atoms with Crippen molar-refractivity contribution in [1.29, 1.82) is 0 Å². The molecule has 2 aromatic carbocycles. The van der Waals surface area contributed by atoms with Gasteiger partial charge in [0.05, 0.1) is 12.0 Å². The van der Waals surface area contributed by atoms with Crippen LogP contribution in [0.3, 0.4) is 0 Å². The number of ether oxygens (including phenoxy) is 1. The first-order valence-corrected chi connectivity index (χ1v) is 9.49. The minimum atomic E-state index is -0.942. The lowest BCUT2D eigenvalue weighted by Crippen LogP contribution is -2.33. The third-order valence-electron chi connectivity index (χ3n) is 3.84. The number of amides is 2. The van der Waals surface area contributed by atoms with Gasteiger partial charge in [-0.05, 0) is 55.5 Å². The molecule has 0 aliphatic heterocycles. The number of furan rings is 1. The van der Waals surface area contributed by atoms with E-state index in [0.717, 1.165) is 4.47 Å². The Hall–Kier alpha value is -3.72. The smallest absolute Gasteiger partial charge is 0.379 e. The quantitative estimate of drug-likeness (QED) is 0.194. The van der Waals surface area contributed by atoms with Crippen molar-refractivity contribution < 1.29 is 23.5 Å². The summed E-state index contributed by atoms with van der Waals surface area (Å²) in [6, 6.07) is 16.5. The molecule has 0 aliphatic carbocycles. The predicted octanol–water partition coefficient (Wildman–Crippen LogP) is 3.74. The monoisotopic (exact) mass is 469 g/mol. The maximum Gasteiger partial charge on any atom is 0.379 e. The first kappa shape index (κ1) is 21.0. The van der Waals surface area contributed by atoms with Crippen molar-refractivity contribution in [3.8, 4) is 5.75 Å². The fourth-order valence-electron chi connectivity index (χ4n) is 2.37. The molecule has 0 aliphatic rings. The summed E-state index contributed by atoms with van der Waals surface area (Å²) in [6.45, 7) is 1.60. The van der Waals surface area contributed by atoms with Gasteiger partial charge in [-0.2, -0.15) is 5.10 Å². The Balaban J connectivity index is 1.66. The summed E-state index contributed by atoms with van der Waals surface area (Å²) in [6.07, 6.45) is 1.37. The first-order valence-electron chi connectivity index (χ1n) is 8.70. The van der Waals surface area contributed by atoms with Gasteiger partial charge in [-0.1, -0.05) is 28.1 Å². The van der Waals surface area contributed by atoms with Crippen molar-refractivity contribution in [2.24, 2.45) is 5.10 Å². The van der Waals surface area contributed by atoms with E-state index in [0.29, 0.717) is 17.0 Å². The van der Waals surface area contributed by atoms with Crippen LogP contribution in [0.4, 0.5) is 5.69 Å². The molecule has 2 amide bonds. The second-order valence-electron chi connectivity index (χ2n) is 5.96. The molecular formula is C21H16BrN3O5. The Labute approximate surface area is 180 Å². The fourth-order valence-corrected chi connectivity index (χ4v) is 2.63. The molecular weight excluding hydrogens is 454 g/mol. The Morgan fingerprint density at radius 1 is 0.967 bits per heavy atom. The maximum atomic E-state index is 12.1. The third kappa shape index (κ3) is 5.42. The molecule has 2 N–H and O–H groups in total. The molecule has 0 fully saturated rings. The standard InChI is InChI=1S/C21H16BrN3O5/c1-13(24-25-20(27)19(26)23-15-10-8-14(22)9-11-15)16-5-2-3-6-17(16)30-21(28)18-7-4-12-29-18/h2-12H,1H3,(H,23,26)(H,25,27)/b24-13+. The van der Waals surface area contributed by atoms with E-state index in [1.54, 1.807) is 61.5 Å². The number of benzene rings is 2. The van der Waals surface area contributed by atoms with Crippen LogP contribution in [0.1, 0.15) is 23.0 Å². The van der Waals surface area contributed by atoms with Gasteiger partial charge in [0.2, 0.25) is 5.76 Å². The van der Waals surface area contributed by atoms with Crippen LogP contribution in [0.25, 0.3) is 0 Å². The molecule has 9 heteroatoms. The summed E-state index contributed by atoms with van der Waals surface area (Å²) >= 11 is 3.29. The molecule has 1 heterocycles. The highest BCUT2D eigenvalue weighted by Crippen LogP contribution is 2.20. The summed E-state index contributed by atoms with van der Waals surface area (Å²) in [4.78, 5) is 36.2. The number of nitrogens with zero attached hydrogens (tertiary/aromatic N) is 1. The van der Waals surface area contributed by atoms with Crippen LogP contribution in [0.15, 0.2) is 80.9 Å². The molecule has 30 heavy (non-hydrogen) atoms. The number of anilines is 1. The SMILES string of the molecule is C/C(=N\NC(=O)C(=O)Nc1ccc(Br)cc1)c1ccccc1OC(=O)c1ccco1. The highest BCUT2D eigenvalue weighted by atomic mass is 79.9. The number of hydrogen-bond donors (Lipinski definition) is 2. The molecule has 0 unspecified atom stereocenters. The molecule has 0 radical (unpaired) electrons. The highest BCUT2D eigenvalue weighted by Gasteiger charge is 2.16. The van der Waals surface area contributed by atoms with E-state index in [9.17, 15) is 14.4 Å². The van der Waals surface area contributed by atoms with Crippen molar-refractivity contribution in [3.05, 3.63) is 82.7 Å². The van der Waals surface area contributed by atoms with E-state index in [1.807, 2.05) is 0 Å². The molecule has 1 aromatic heterocycles. The average molecular weight is 470 g/mol. The zero-order valence-electron chi connectivity index (χ0n) is 15.7. The molecule has 3 aromatic rings. The summed E-state index contributed by atoms with van der Waals surface area (Å²) in [5.74, 6) is -2.20. The number of hydrogen-bond acceptors (Lipinski definition) is 6. The molecule has 0 saturated carbocycles. The van der Waals surface area contributed by atoms with E-state index in [4.69, 9.17) is 9.15 Å². The van der Waals surface area contributed by atoms with Gasteiger partial charge in [0.15, 0.2) is 0 Å². The van der Waals surface area contributed by atoms with Crippen LogP contribution in [0.2, 0.25) is 0 Å². The van der Waals surface area contributed by atoms with Gasteiger partial charge in [0, 0.05) is 15.7 Å². The van der Waals surface area contributed by atoms with E-state index in [2.05, 4.69) is 31.8 Å². The number of carbonyl (C=O) groups excluding carboxylic acids is 3. The van der Waals surface area contributed by atoms with Crippen molar-refractivity contribution >= 4 is 45.1 Å². The van der Waals surface area contributed by atoms with Gasteiger partial charge in [-0.3, -0.25) is 9.59 Å². The van der Waals surface area contributed by atoms with Crippen LogP contribution in [0, 0.1) is 0 Å². The van der Waals surface area contributed by atoms with Crippen LogP contribution in [0.5, 0.6) is 5.75 Å². The van der Waals surface area contributed by atoms with E-state index >= 15 is 0 Å². The van der Waals surface area contributed by atoms with E-state index in [1.165, 1.54) is 12.3 Å². The van der Waals surface area contributed by atoms with Crippen LogP contribution in [-0.2, 0) is 9.59 Å². The number of rotatable bonds is 5. The Morgan fingerprint density at radius 3 is 2.40 bits per heavy atom. The lowest BCUT2D eigenvalue weighted by atomic mass is 10.1. The Kier molecular flexibility index (Phi) is 6.76. The second-order valence-corrected chi connectivity index (χ2v) is 6.88. The Morgan fingerprint density at radius 2 is 1.70 bits per heavy atom. The van der Waals surface area contributed by atoms with Gasteiger partial charge >= 0.3 is 17.8 Å². The number of carbonyl (C=O) groups is 3. The molecule has 8 nitrogen and oxygen atoms in total. The summed E-state index contributed by atoms with van der Waals surface area (Å²) in [5.41, 5.74) is 3.46. The third-order valence-corrected chi connectivity index (χ3v) is 4.36. The zero-order chi connectivity index (χ0) is 21.5. The fraction of sp³-hybridized carbons (Fsp3) is 0.0476. The van der Waals surface area contributed by atoms with Crippen molar-refractivity contribution in [2.45, 2.75) is 6.92 Å². The summed E-state index contributed by atoms with van der Waals surface area (Å²) in [7, 11) is 0. The minimum absolute atomic E-state index is 0.0531. The van der Waals surface area contributed by atoms with Crippen molar-refractivity contribution in [3.63, 3.8) is 0 Å². The Bertz CT molecular complexity index is 1090. The van der Waals surface area contributed by atoms with Crippen LogP contribution >= 0.6 is 15.9 Å². The number of halogens is 1. The molecule has 0 saturated heterocycles. The van der Waals surface area contributed by atoms with E-state index in [-0.39, 0.29) is 11.5 Å². The normalized spacial score (nSPS) is 10.9. The lowest BCUT2D eigenvalue weighted by Gasteiger charge is -2.09. The highest BCUT2D eigenvalue weighted by molar-refractivity contribution is 9.10. The number of hydrazone groups is 1. The van der Waals surface area contributed by atoms with Gasteiger partial charge < -0.3 is 14.5 Å². The maximum absolute atomic E-state index is 12.1. The molecule has 152 valence electrons. The molecule has 0 bridgehead atoms. The van der Waals surface area contributed by atoms with E-state index < -0.39 is 17.8 Å². The second kappa shape index (κ2) is 9.66. The van der Waals surface area contributed by atoms with Gasteiger partial charge in [0.1, 0.15) is 5.75 Å². The predicted molar refractivity (Wildman–Crippen MR) is 113 cm³/mol. The zero-order valence-corrected chi connectivity index (χ0v) is 17.3. The van der Waals surface area contributed by atoms with Gasteiger partial charge in [0.25, 0.3) is 0 Å². The lowest BCUT2D eigenvalue weighted by molar-refractivity contribution is -0.136. The number of esters is 1. The summed E-state index contributed by atoms with van der Waals surface area (Å²) < 4.78 is 11.2. The molecule has 0 spiro atoms. The summed E-state index contributed by atoms with van der Waals surface area (Å²) in [5, 5.41) is 6.40. The van der Waals surface area contributed by atoms with Crippen LogP contribution in [-0.4, -0.2) is 23.5 Å². The minimum Gasteiger partial charge on any atom is -0.457 e. The van der Waals surface area contributed by atoms with Crippen molar-refractivity contribution in [1.82, 2.24) is 5.43 Å². The van der Waals surface area contributed by atoms with Crippen LogP contribution < -0.4 is 15.5 Å². The number of nitrogens with one attached hydrogen (secondary N) is 2. The average Bonchev–Trinajstić information content (AvgIpc) is 3.29. The molecule has 3 rings (SSSR count). The first-order chi connectivity index (χ1) is 14.4. The molecule has 0 atom stereocenters. The number of para-hydroxylation sites is 1. The van der Waals surface area contributed by atoms with Gasteiger partial charge in [-0.15, -0.1) is 0 Å². The van der Waals surface area contributed by atoms with Crippen molar-refractivity contribution in [2.75, 3.05) is 5.32 Å². The largest absolute Gasteiger partial charge is 0.457 e. The van der Waals surface area contributed by atoms with Gasteiger partial charge in [-0.25, -0.2) is 10.2 Å².